The van der Waals surface area contributed by atoms with Gasteiger partial charge in [-0.1, -0.05) is 54.1 Å². The molecule has 4 aromatic rings. The molecule has 20 heavy (non-hydrogen) atoms. The van der Waals surface area contributed by atoms with Gasteiger partial charge in [0.2, 0.25) is 0 Å². The molecule has 0 saturated carbocycles. The third kappa shape index (κ3) is 1.66. The minimum atomic E-state index is 0.383. The van der Waals surface area contributed by atoms with E-state index in [1.165, 1.54) is 11.7 Å². The number of nitrogens with zero attached hydrogens (tertiary/aromatic N) is 3. The maximum absolute atomic E-state index is 6.05. The van der Waals surface area contributed by atoms with Crippen molar-refractivity contribution in [3.8, 4) is 11.4 Å². The maximum Gasteiger partial charge on any atom is 0.182 e. The molecule has 0 atom stereocenters. The average molecular weight is 281 g/mol. The van der Waals surface area contributed by atoms with Gasteiger partial charge in [-0.05, 0) is 10.8 Å². The molecule has 4 rings (SSSR count). The first-order chi connectivity index (χ1) is 9.83. The Morgan fingerprint density at radius 3 is 2.70 bits per heavy atom. The van der Waals surface area contributed by atoms with Crippen molar-refractivity contribution in [2.24, 2.45) is 0 Å². The highest BCUT2D eigenvalue weighted by Crippen LogP contribution is 2.28. The molecular weight excluding hydrogens is 272 g/mol. The van der Waals surface area contributed by atoms with E-state index in [1.807, 2.05) is 24.3 Å². The van der Waals surface area contributed by atoms with Gasteiger partial charge >= 0.3 is 0 Å². The van der Waals surface area contributed by atoms with Gasteiger partial charge in [0.1, 0.15) is 17.7 Å². The first kappa shape index (κ1) is 11.4. The van der Waals surface area contributed by atoms with Gasteiger partial charge in [-0.15, -0.1) is 0 Å². The van der Waals surface area contributed by atoms with Crippen molar-refractivity contribution >= 4 is 33.5 Å². The van der Waals surface area contributed by atoms with Crippen molar-refractivity contribution in [1.82, 2.24) is 19.9 Å². The summed E-state index contributed by atoms with van der Waals surface area (Å²) in [4.78, 5) is 15.8. The van der Waals surface area contributed by atoms with Crippen LogP contribution in [0.3, 0.4) is 0 Å². The topological polar surface area (TPSA) is 54.5 Å². The molecule has 0 aliphatic carbocycles. The molecule has 0 aliphatic rings. The van der Waals surface area contributed by atoms with E-state index in [2.05, 4.69) is 38.1 Å². The van der Waals surface area contributed by atoms with Gasteiger partial charge in [-0.3, -0.25) is 0 Å². The van der Waals surface area contributed by atoms with Crippen molar-refractivity contribution in [3.63, 3.8) is 0 Å². The number of hydrogen-bond acceptors (Lipinski definition) is 3. The summed E-state index contributed by atoms with van der Waals surface area (Å²) >= 11 is 6.05. The number of imidazole rings is 1. The summed E-state index contributed by atoms with van der Waals surface area (Å²) in [5.41, 5.74) is 2.27. The van der Waals surface area contributed by atoms with E-state index in [-0.39, 0.29) is 0 Å². The third-order valence-electron chi connectivity index (χ3n) is 3.29. The molecule has 4 nitrogen and oxygen atoms in total. The van der Waals surface area contributed by atoms with Gasteiger partial charge in [-0.2, -0.15) is 0 Å². The summed E-state index contributed by atoms with van der Waals surface area (Å²) in [5, 5.41) is 2.69. The fourth-order valence-corrected chi connectivity index (χ4v) is 2.53. The minimum Gasteiger partial charge on any atom is -0.334 e. The van der Waals surface area contributed by atoms with Crippen LogP contribution in [0.2, 0.25) is 5.15 Å². The van der Waals surface area contributed by atoms with E-state index in [1.54, 1.807) is 0 Å². The van der Waals surface area contributed by atoms with Crippen LogP contribution in [0.15, 0.2) is 48.8 Å². The number of aromatic nitrogens is 4. The van der Waals surface area contributed by atoms with Gasteiger partial charge in [-0.25, -0.2) is 15.0 Å². The standard InChI is InChI=1S/C15H9ClN4/c16-13-12-15(18-8-17-13)20-14(19-12)11-7-3-5-9-4-1-2-6-10(9)11/h1-8H,(H,17,18,19,20). The molecule has 0 spiro atoms. The summed E-state index contributed by atoms with van der Waals surface area (Å²) in [6, 6.07) is 14.3. The number of hydrogen-bond donors (Lipinski definition) is 1. The Balaban J connectivity index is 2.04. The highest BCUT2D eigenvalue weighted by atomic mass is 35.5. The predicted molar refractivity (Wildman–Crippen MR) is 79.6 cm³/mol. The highest BCUT2D eigenvalue weighted by molar-refractivity contribution is 6.33. The number of benzene rings is 2. The Hall–Kier alpha value is -2.46. The van der Waals surface area contributed by atoms with E-state index >= 15 is 0 Å². The second-order valence-electron chi connectivity index (χ2n) is 4.48. The summed E-state index contributed by atoms with van der Waals surface area (Å²) in [5.74, 6) is 0.749. The van der Waals surface area contributed by atoms with Crippen molar-refractivity contribution in [3.05, 3.63) is 53.9 Å². The predicted octanol–water partition coefficient (Wildman–Crippen LogP) is 3.83. The average Bonchev–Trinajstić information content (AvgIpc) is 2.92. The molecule has 1 N–H and O–H groups in total. The molecule has 2 heterocycles. The summed E-state index contributed by atoms with van der Waals surface area (Å²) in [6.45, 7) is 0. The zero-order valence-corrected chi connectivity index (χ0v) is 11.1. The molecule has 0 amide bonds. The van der Waals surface area contributed by atoms with E-state index in [4.69, 9.17) is 11.6 Å². The Morgan fingerprint density at radius 1 is 0.950 bits per heavy atom. The molecule has 0 fully saturated rings. The molecular formula is C15H9ClN4. The number of H-pyrrole nitrogens is 1. The molecule has 0 unspecified atom stereocenters. The van der Waals surface area contributed by atoms with Crippen LogP contribution in [0.1, 0.15) is 0 Å². The van der Waals surface area contributed by atoms with Crippen molar-refractivity contribution in [2.45, 2.75) is 0 Å². The fourth-order valence-electron chi connectivity index (χ4n) is 2.36. The monoisotopic (exact) mass is 280 g/mol. The zero-order chi connectivity index (χ0) is 13.5. The normalized spacial score (nSPS) is 11.2. The van der Waals surface area contributed by atoms with Crippen molar-refractivity contribution in [2.75, 3.05) is 0 Å². The lowest BCUT2D eigenvalue weighted by molar-refractivity contribution is 1.20. The Kier molecular flexibility index (Phi) is 2.44. The van der Waals surface area contributed by atoms with E-state index < -0.39 is 0 Å². The quantitative estimate of drug-likeness (QED) is 0.539. The van der Waals surface area contributed by atoms with Crippen LogP contribution in [0.5, 0.6) is 0 Å². The molecule has 0 bridgehead atoms. The second-order valence-corrected chi connectivity index (χ2v) is 4.83. The van der Waals surface area contributed by atoms with E-state index in [0.29, 0.717) is 16.3 Å². The molecule has 2 aromatic carbocycles. The van der Waals surface area contributed by atoms with Crippen LogP contribution in [0, 0.1) is 0 Å². The molecule has 0 aliphatic heterocycles. The first-order valence-electron chi connectivity index (χ1n) is 6.17. The minimum absolute atomic E-state index is 0.383. The highest BCUT2D eigenvalue weighted by Gasteiger charge is 2.11. The van der Waals surface area contributed by atoms with Crippen LogP contribution in [0.25, 0.3) is 33.3 Å². The molecule has 5 heteroatoms. The first-order valence-corrected chi connectivity index (χ1v) is 6.55. The summed E-state index contributed by atoms with van der Waals surface area (Å²) in [6.07, 6.45) is 1.42. The lowest BCUT2D eigenvalue weighted by Gasteiger charge is -2.02. The summed E-state index contributed by atoms with van der Waals surface area (Å²) in [7, 11) is 0. The summed E-state index contributed by atoms with van der Waals surface area (Å²) < 4.78 is 0. The van der Waals surface area contributed by atoms with Crippen molar-refractivity contribution in [1.29, 1.82) is 0 Å². The molecule has 0 saturated heterocycles. The van der Waals surface area contributed by atoms with Crippen LogP contribution in [-0.2, 0) is 0 Å². The Morgan fingerprint density at radius 2 is 1.80 bits per heavy atom. The number of fused-ring (bicyclic) bond motifs is 2. The number of halogens is 1. The van der Waals surface area contributed by atoms with Gasteiger partial charge < -0.3 is 4.98 Å². The lowest BCUT2D eigenvalue weighted by atomic mass is 10.0. The largest absolute Gasteiger partial charge is 0.334 e. The Bertz CT molecular complexity index is 924. The van der Waals surface area contributed by atoms with Gasteiger partial charge in [0.15, 0.2) is 10.8 Å². The number of aromatic amines is 1. The van der Waals surface area contributed by atoms with Gasteiger partial charge in [0.05, 0.1) is 0 Å². The van der Waals surface area contributed by atoms with Crippen LogP contribution in [-0.4, -0.2) is 19.9 Å². The SMILES string of the molecule is Clc1ncnc2nc(-c3cccc4ccccc34)[nH]c12. The van der Waals surface area contributed by atoms with Crippen LogP contribution < -0.4 is 0 Å². The third-order valence-corrected chi connectivity index (χ3v) is 3.57. The number of nitrogens with one attached hydrogen (secondary N) is 1. The molecule has 2 aromatic heterocycles. The van der Waals surface area contributed by atoms with Crippen molar-refractivity contribution < 1.29 is 0 Å². The van der Waals surface area contributed by atoms with Crippen LogP contribution >= 0.6 is 11.6 Å². The van der Waals surface area contributed by atoms with Gasteiger partial charge in [0, 0.05) is 5.56 Å². The number of rotatable bonds is 1. The smallest absolute Gasteiger partial charge is 0.182 e. The van der Waals surface area contributed by atoms with Gasteiger partial charge in [0.25, 0.3) is 0 Å². The second kappa shape index (κ2) is 4.28. The Labute approximate surface area is 119 Å². The zero-order valence-electron chi connectivity index (χ0n) is 10.3. The molecule has 96 valence electrons. The van der Waals surface area contributed by atoms with E-state index in [9.17, 15) is 0 Å². The van der Waals surface area contributed by atoms with Crippen LogP contribution in [0.4, 0.5) is 0 Å². The molecule has 0 radical (unpaired) electrons. The maximum atomic E-state index is 6.05. The lowest BCUT2D eigenvalue weighted by Crippen LogP contribution is -1.83. The van der Waals surface area contributed by atoms with E-state index in [0.717, 1.165) is 16.8 Å². The fraction of sp³-hybridized carbons (Fsp3) is 0.